The normalized spacial score (nSPS) is 21.5. The first-order chi connectivity index (χ1) is 7.02. The minimum Gasteiger partial charge on any atom is -0.328 e. The molecule has 0 aliphatic carbocycles. The fourth-order valence-corrected chi connectivity index (χ4v) is 1.97. The number of nitrogens with two attached hydrogens (primary N) is 1. The summed E-state index contributed by atoms with van der Waals surface area (Å²) in [6.45, 7) is 7.10. The monoisotopic (exact) mass is 208 g/mol. The molecule has 2 rings (SSSR count). The van der Waals surface area contributed by atoms with E-state index in [1.165, 1.54) is 6.42 Å². The van der Waals surface area contributed by atoms with E-state index in [1.807, 2.05) is 4.68 Å². The van der Waals surface area contributed by atoms with Gasteiger partial charge in [-0.25, -0.2) is 9.67 Å². The van der Waals surface area contributed by atoms with Crippen molar-refractivity contribution in [2.75, 3.05) is 6.54 Å². The Hall–Kier alpha value is -0.900. The maximum Gasteiger partial charge on any atom is 0.156 e. The zero-order valence-electron chi connectivity index (χ0n) is 9.82. The molecule has 0 bridgehead atoms. The maximum absolute atomic E-state index is 5.75. The van der Waals surface area contributed by atoms with Crippen molar-refractivity contribution < 1.29 is 0 Å². The van der Waals surface area contributed by atoms with Crippen LogP contribution in [0.3, 0.4) is 0 Å². The van der Waals surface area contributed by atoms with Crippen LogP contribution < -0.4 is 5.73 Å². The number of rotatable bonds is 1. The molecule has 0 amide bonds. The van der Waals surface area contributed by atoms with E-state index in [2.05, 4.69) is 30.9 Å². The number of fused-ring (bicyclic) bond motifs is 1. The van der Waals surface area contributed by atoms with Crippen molar-refractivity contribution >= 4 is 0 Å². The lowest BCUT2D eigenvalue weighted by atomic mass is 9.96. The van der Waals surface area contributed by atoms with Gasteiger partial charge in [0.05, 0.1) is 6.04 Å². The Morgan fingerprint density at radius 3 is 2.80 bits per heavy atom. The first-order valence-corrected chi connectivity index (χ1v) is 5.68. The van der Waals surface area contributed by atoms with Crippen molar-refractivity contribution in [2.24, 2.45) is 5.73 Å². The Morgan fingerprint density at radius 2 is 2.20 bits per heavy atom. The van der Waals surface area contributed by atoms with Gasteiger partial charge in [0.1, 0.15) is 5.82 Å². The van der Waals surface area contributed by atoms with Gasteiger partial charge < -0.3 is 5.73 Å². The van der Waals surface area contributed by atoms with E-state index < -0.39 is 0 Å². The zero-order chi connectivity index (χ0) is 11.1. The van der Waals surface area contributed by atoms with Crippen LogP contribution in [0.15, 0.2) is 0 Å². The number of hydrogen-bond donors (Lipinski definition) is 1. The molecule has 1 aromatic rings. The highest BCUT2D eigenvalue weighted by atomic mass is 15.4. The molecule has 84 valence electrons. The molecule has 4 nitrogen and oxygen atoms in total. The topological polar surface area (TPSA) is 56.7 Å². The van der Waals surface area contributed by atoms with Crippen LogP contribution in [0.4, 0.5) is 0 Å². The van der Waals surface area contributed by atoms with Crippen molar-refractivity contribution in [3.63, 3.8) is 0 Å². The van der Waals surface area contributed by atoms with Crippen LogP contribution in [0.25, 0.3) is 0 Å². The zero-order valence-corrected chi connectivity index (χ0v) is 9.82. The number of aromatic nitrogens is 3. The summed E-state index contributed by atoms with van der Waals surface area (Å²) in [7, 11) is 0. The van der Waals surface area contributed by atoms with E-state index in [0.717, 1.165) is 24.5 Å². The molecular weight excluding hydrogens is 188 g/mol. The lowest BCUT2D eigenvalue weighted by Crippen LogP contribution is -2.26. The minimum atomic E-state index is 0.0312. The van der Waals surface area contributed by atoms with Crippen LogP contribution >= 0.6 is 0 Å². The average Bonchev–Trinajstić information content (AvgIpc) is 2.59. The largest absolute Gasteiger partial charge is 0.328 e. The summed E-state index contributed by atoms with van der Waals surface area (Å²) in [4.78, 5) is 4.62. The Labute approximate surface area is 90.9 Å². The van der Waals surface area contributed by atoms with Gasteiger partial charge in [-0.05, 0) is 12.8 Å². The van der Waals surface area contributed by atoms with E-state index in [-0.39, 0.29) is 5.41 Å². The van der Waals surface area contributed by atoms with E-state index in [4.69, 9.17) is 5.73 Å². The molecule has 1 aromatic heterocycles. The van der Waals surface area contributed by atoms with Crippen molar-refractivity contribution in [3.8, 4) is 0 Å². The van der Waals surface area contributed by atoms with Crippen molar-refractivity contribution in [2.45, 2.75) is 51.5 Å². The van der Waals surface area contributed by atoms with Crippen molar-refractivity contribution in [1.29, 1.82) is 0 Å². The minimum absolute atomic E-state index is 0.0312. The molecule has 0 spiro atoms. The fraction of sp³-hybridized carbons (Fsp3) is 0.818. The third-order valence-corrected chi connectivity index (χ3v) is 2.93. The number of aryl methyl sites for hydroxylation is 1. The number of nitrogens with zero attached hydrogens (tertiary/aromatic N) is 3. The van der Waals surface area contributed by atoms with Crippen LogP contribution in [0.2, 0.25) is 0 Å². The quantitative estimate of drug-likeness (QED) is 0.759. The van der Waals surface area contributed by atoms with Gasteiger partial charge >= 0.3 is 0 Å². The second-order valence-electron chi connectivity index (χ2n) is 5.33. The second kappa shape index (κ2) is 3.59. The third kappa shape index (κ3) is 1.91. The summed E-state index contributed by atoms with van der Waals surface area (Å²) in [6, 6.07) is 0.359. The molecule has 15 heavy (non-hydrogen) atoms. The highest BCUT2D eigenvalue weighted by Crippen LogP contribution is 2.26. The molecular formula is C11H20N4. The van der Waals surface area contributed by atoms with Crippen LogP contribution in [0.5, 0.6) is 0 Å². The highest BCUT2D eigenvalue weighted by Gasteiger charge is 2.26. The maximum atomic E-state index is 5.75. The van der Waals surface area contributed by atoms with Gasteiger partial charge in [0, 0.05) is 18.4 Å². The van der Waals surface area contributed by atoms with Gasteiger partial charge in [0.25, 0.3) is 0 Å². The van der Waals surface area contributed by atoms with Gasteiger partial charge in [-0.2, -0.15) is 5.10 Å². The van der Waals surface area contributed by atoms with E-state index in [0.29, 0.717) is 12.6 Å². The Bertz CT molecular complexity index is 348. The summed E-state index contributed by atoms with van der Waals surface area (Å²) in [5.74, 6) is 2.06. The van der Waals surface area contributed by atoms with Crippen molar-refractivity contribution in [3.05, 3.63) is 11.6 Å². The average molecular weight is 208 g/mol. The van der Waals surface area contributed by atoms with Crippen LogP contribution in [-0.4, -0.2) is 21.3 Å². The predicted molar refractivity (Wildman–Crippen MR) is 59.8 cm³/mol. The molecule has 1 aliphatic heterocycles. The van der Waals surface area contributed by atoms with E-state index >= 15 is 0 Å². The van der Waals surface area contributed by atoms with Gasteiger partial charge in [-0.15, -0.1) is 0 Å². The molecule has 0 radical (unpaired) electrons. The lowest BCUT2D eigenvalue weighted by Gasteiger charge is -2.21. The van der Waals surface area contributed by atoms with Gasteiger partial charge in [0.15, 0.2) is 5.82 Å². The van der Waals surface area contributed by atoms with Gasteiger partial charge in [-0.3, -0.25) is 0 Å². The van der Waals surface area contributed by atoms with E-state index in [1.54, 1.807) is 0 Å². The third-order valence-electron chi connectivity index (χ3n) is 2.93. The van der Waals surface area contributed by atoms with Crippen molar-refractivity contribution in [1.82, 2.24) is 14.8 Å². The molecule has 1 aliphatic rings. The van der Waals surface area contributed by atoms with Crippen LogP contribution in [0, 0.1) is 0 Å². The van der Waals surface area contributed by atoms with E-state index in [9.17, 15) is 0 Å². The highest BCUT2D eigenvalue weighted by molar-refractivity contribution is 5.06. The molecule has 2 N–H and O–H groups in total. The summed E-state index contributed by atoms with van der Waals surface area (Å²) in [5.41, 5.74) is 5.78. The Morgan fingerprint density at radius 1 is 1.47 bits per heavy atom. The first-order valence-electron chi connectivity index (χ1n) is 5.68. The predicted octanol–water partition coefficient (Wildman–Crippen LogP) is 1.41. The van der Waals surface area contributed by atoms with Gasteiger partial charge in [0.2, 0.25) is 0 Å². The summed E-state index contributed by atoms with van der Waals surface area (Å²) in [5, 5.41) is 4.60. The Balaban J connectivity index is 2.37. The summed E-state index contributed by atoms with van der Waals surface area (Å²) < 4.78 is 2.05. The molecule has 0 saturated carbocycles. The molecule has 0 saturated heterocycles. The standard InChI is InChI=1S/C11H20N4/c1-11(2,3)10-13-9-6-4-5-8(7-12)15(9)14-10/h8H,4-7,12H2,1-3H3. The molecule has 1 unspecified atom stereocenters. The van der Waals surface area contributed by atoms with Gasteiger partial charge in [-0.1, -0.05) is 20.8 Å². The van der Waals surface area contributed by atoms with Crippen LogP contribution in [0.1, 0.15) is 51.3 Å². The molecule has 2 heterocycles. The molecule has 0 fully saturated rings. The summed E-state index contributed by atoms with van der Waals surface area (Å²) in [6.07, 6.45) is 3.36. The second-order valence-corrected chi connectivity index (χ2v) is 5.33. The number of hydrogen-bond acceptors (Lipinski definition) is 3. The Kier molecular flexibility index (Phi) is 2.54. The van der Waals surface area contributed by atoms with Crippen LogP contribution in [-0.2, 0) is 11.8 Å². The smallest absolute Gasteiger partial charge is 0.156 e. The molecule has 1 atom stereocenters. The summed E-state index contributed by atoms with van der Waals surface area (Å²) >= 11 is 0. The molecule has 4 heteroatoms. The lowest BCUT2D eigenvalue weighted by molar-refractivity contribution is 0.366. The fourth-order valence-electron chi connectivity index (χ4n) is 1.97. The SMILES string of the molecule is CC(C)(C)c1nc2n(n1)C(CN)CCC2. The molecule has 0 aromatic carbocycles. The first kappa shape index (κ1) is 10.6.